The van der Waals surface area contributed by atoms with Gasteiger partial charge < -0.3 is 5.32 Å². The van der Waals surface area contributed by atoms with E-state index in [9.17, 15) is 9.59 Å². The van der Waals surface area contributed by atoms with Gasteiger partial charge in [-0.1, -0.05) is 30.0 Å². The van der Waals surface area contributed by atoms with Crippen molar-refractivity contribution in [1.29, 1.82) is 0 Å². The average molecular weight is 346 g/mol. The Labute approximate surface area is 142 Å². The average Bonchev–Trinajstić information content (AvgIpc) is 2.83. The lowest BCUT2D eigenvalue weighted by Gasteiger charge is -2.10. The van der Waals surface area contributed by atoms with Crippen LogP contribution in [0.1, 0.15) is 12.5 Å². The molecule has 118 valence electrons. The molecule has 2 aromatic heterocycles. The van der Waals surface area contributed by atoms with Crippen molar-refractivity contribution in [1.82, 2.24) is 14.3 Å². The fourth-order valence-corrected chi connectivity index (χ4v) is 3.69. The molecule has 6 nitrogen and oxygen atoms in total. The molecule has 1 N–H and O–H groups in total. The van der Waals surface area contributed by atoms with Crippen molar-refractivity contribution >= 4 is 51.7 Å². The summed E-state index contributed by atoms with van der Waals surface area (Å²) in [7, 11) is 1.69. The van der Waals surface area contributed by atoms with Gasteiger partial charge in [-0.05, 0) is 25.1 Å². The summed E-state index contributed by atoms with van der Waals surface area (Å²) in [6, 6.07) is 5.32. The van der Waals surface area contributed by atoms with Crippen LogP contribution in [0.3, 0.4) is 0 Å². The van der Waals surface area contributed by atoms with Gasteiger partial charge in [-0.3, -0.25) is 18.9 Å². The highest BCUT2D eigenvalue weighted by Crippen LogP contribution is 2.32. The van der Waals surface area contributed by atoms with Gasteiger partial charge in [0.1, 0.15) is 15.8 Å². The molecule has 0 spiro atoms. The van der Waals surface area contributed by atoms with Crippen molar-refractivity contribution in [2.75, 3.05) is 18.9 Å². The van der Waals surface area contributed by atoms with E-state index in [1.807, 2.05) is 13.0 Å². The molecule has 23 heavy (non-hydrogen) atoms. The van der Waals surface area contributed by atoms with E-state index in [2.05, 4.69) is 10.3 Å². The zero-order chi connectivity index (χ0) is 16.6. The highest BCUT2D eigenvalue weighted by molar-refractivity contribution is 8.26. The van der Waals surface area contributed by atoms with Gasteiger partial charge in [-0.25, -0.2) is 4.98 Å². The predicted octanol–water partition coefficient (Wildman–Crippen LogP) is 1.96. The second-order valence-electron chi connectivity index (χ2n) is 4.78. The first kappa shape index (κ1) is 15.7. The van der Waals surface area contributed by atoms with Crippen LogP contribution in [0.15, 0.2) is 34.1 Å². The Balaban J connectivity index is 2.19. The third-order valence-electron chi connectivity index (χ3n) is 3.47. The topological polar surface area (TPSA) is 66.7 Å². The van der Waals surface area contributed by atoms with Gasteiger partial charge in [0.25, 0.3) is 11.5 Å². The molecule has 1 amide bonds. The Bertz CT molecular complexity index is 904. The van der Waals surface area contributed by atoms with E-state index in [-0.39, 0.29) is 11.5 Å². The molecule has 0 atom stereocenters. The highest BCUT2D eigenvalue weighted by atomic mass is 32.2. The minimum absolute atomic E-state index is 0.179. The molecule has 0 aromatic carbocycles. The second kappa shape index (κ2) is 6.13. The Hall–Kier alpha value is -2.19. The zero-order valence-corrected chi connectivity index (χ0v) is 14.2. The summed E-state index contributed by atoms with van der Waals surface area (Å²) >= 11 is 6.39. The predicted molar refractivity (Wildman–Crippen MR) is 96.6 cm³/mol. The minimum atomic E-state index is -0.235. The van der Waals surface area contributed by atoms with Crippen LogP contribution in [-0.4, -0.2) is 38.1 Å². The number of hydrogen-bond donors (Lipinski definition) is 1. The monoisotopic (exact) mass is 346 g/mol. The van der Waals surface area contributed by atoms with Crippen LogP contribution in [0.25, 0.3) is 11.7 Å². The summed E-state index contributed by atoms with van der Waals surface area (Å²) in [4.78, 5) is 31.4. The van der Waals surface area contributed by atoms with E-state index in [4.69, 9.17) is 12.2 Å². The number of carbonyl (C=O) groups excluding carboxylic acids is 1. The second-order valence-corrected chi connectivity index (χ2v) is 6.46. The van der Waals surface area contributed by atoms with Crippen molar-refractivity contribution in [3.05, 3.63) is 45.2 Å². The molecule has 1 aliphatic rings. The van der Waals surface area contributed by atoms with Gasteiger partial charge in [-0.15, -0.1) is 0 Å². The lowest BCUT2D eigenvalue weighted by atomic mass is 10.2. The van der Waals surface area contributed by atoms with Gasteiger partial charge in [0.15, 0.2) is 0 Å². The number of aromatic nitrogens is 2. The number of nitrogens with zero attached hydrogens (tertiary/aromatic N) is 3. The molecule has 1 fully saturated rings. The van der Waals surface area contributed by atoms with E-state index in [0.717, 1.165) is 0 Å². The van der Waals surface area contributed by atoms with Gasteiger partial charge in [0.05, 0.1) is 10.5 Å². The van der Waals surface area contributed by atoms with Crippen LogP contribution in [-0.2, 0) is 4.79 Å². The molecule has 0 aliphatic carbocycles. The molecule has 1 aliphatic heterocycles. The first-order valence-corrected chi connectivity index (χ1v) is 8.23. The molecule has 0 radical (unpaired) electrons. The number of likely N-dealkylation sites (N-methyl/N-ethyl adjacent to an activating group) is 1. The quantitative estimate of drug-likeness (QED) is 0.677. The van der Waals surface area contributed by atoms with E-state index in [0.29, 0.717) is 32.8 Å². The Kier molecular flexibility index (Phi) is 4.18. The summed E-state index contributed by atoms with van der Waals surface area (Å²) < 4.78 is 1.95. The third kappa shape index (κ3) is 2.64. The summed E-state index contributed by atoms with van der Waals surface area (Å²) in [6.45, 7) is 2.37. The highest BCUT2D eigenvalue weighted by Gasteiger charge is 2.31. The summed E-state index contributed by atoms with van der Waals surface area (Å²) in [5.74, 6) is 0.255. The van der Waals surface area contributed by atoms with Crippen LogP contribution >= 0.6 is 24.0 Å². The molecular weight excluding hydrogens is 332 g/mol. The SMILES string of the molecule is CCN1C(=O)C(=Cc2c(NC)nc3ccccn3c2=O)SC1=S. The number of fused-ring (bicyclic) bond motifs is 1. The minimum Gasteiger partial charge on any atom is -0.372 e. The van der Waals surface area contributed by atoms with E-state index in [1.165, 1.54) is 21.1 Å². The molecule has 3 heterocycles. The van der Waals surface area contributed by atoms with Crippen LogP contribution in [0, 0.1) is 0 Å². The zero-order valence-electron chi connectivity index (χ0n) is 12.6. The number of pyridine rings is 1. The summed E-state index contributed by atoms with van der Waals surface area (Å²) in [5.41, 5.74) is 0.648. The number of nitrogens with one attached hydrogen (secondary N) is 1. The van der Waals surface area contributed by atoms with Gasteiger partial charge in [0.2, 0.25) is 0 Å². The Morgan fingerprint density at radius 1 is 1.39 bits per heavy atom. The largest absolute Gasteiger partial charge is 0.372 e. The number of carbonyl (C=O) groups is 1. The maximum atomic E-state index is 12.7. The molecule has 3 rings (SSSR count). The van der Waals surface area contributed by atoms with Crippen molar-refractivity contribution in [2.45, 2.75) is 6.92 Å². The summed E-state index contributed by atoms with van der Waals surface area (Å²) in [6.07, 6.45) is 3.22. The molecule has 2 aromatic rings. The first-order chi connectivity index (χ1) is 11.1. The maximum Gasteiger partial charge on any atom is 0.267 e. The van der Waals surface area contributed by atoms with Crippen molar-refractivity contribution < 1.29 is 4.79 Å². The Morgan fingerprint density at radius 3 is 2.83 bits per heavy atom. The third-order valence-corrected chi connectivity index (χ3v) is 4.85. The van der Waals surface area contributed by atoms with Gasteiger partial charge in [0, 0.05) is 19.8 Å². The molecule has 0 unspecified atom stereocenters. The lowest BCUT2D eigenvalue weighted by Crippen LogP contribution is -2.27. The normalized spacial score (nSPS) is 16.6. The van der Waals surface area contributed by atoms with Crippen molar-refractivity contribution in [2.24, 2.45) is 0 Å². The van der Waals surface area contributed by atoms with E-state index < -0.39 is 0 Å². The number of amides is 1. The van der Waals surface area contributed by atoms with Crippen molar-refractivity contribution in [3.63, 3.8) is 0 Å². The van der Waals surface area contributed by atoms with Gasteiger partial charge >= 0.3 is 0 Å². The van der Waals surface area contributed by atoms with E-state index in [1.54, 1.807) is 31.5 Å². The fourth-order valence-electron chi connectivity index (χ4n) is 2.33. The lowest BCUT2D eigenvalue weighted by molar-refractivity contribution is -0.121. The number of thioether (sulfide) groups is 1. The van der Waals surface area contributed by atoms with Crippen LogP contribution < -0.4 is 10.9 Å². The molecule has 0 saturated carbocycles. The van der Waals surface area contributed by atoms with Gasteiger partial charge in [-0.2, -0.15) is 0 Å². The summed E-state index contributed by atoms with van der Waals surface area (Å²) in [5, 5.41) is 2.92. The van der Waals surface area contributed by atoms with Crippen LogP contribution in [0.4, 0.5) is 5.82 Å². The van der Waals surface area contributed by atoms with Crippen molar-refractivity contribution in [3.8, 4) is 0 Å². The fraction of sp³-hybridized carbons (Fsp3) is 0.200. The number of hydrogen-bond acceptors (Lipinski definition) is 6. The Morgan fingerprint density at radius 2 is 2.17 bits per heavy atom. The smallest absolute Gasteiger partial charge is 0.267 e. The molecule has 8 heteroatoms. The van der Waals surface area contributed by atoms with Crippen LogP contribution in [0.2, 0.25) is 0 Å². The molecular formula is C15H14N4O2S2. The number of thiocarbonyl (C=S) groups is 1. The van der Waals surface area contributed by atoms with E-state index >= 15 is 0 Å². The number of rotatable bonds is 3. The standard InChI is InChI=1S/C15H14N4O2S2/c1-3-18-14(21)10(23-15(18)22)8-9-12(16-2)17-11-6-4-5-7-19(11)13(9)20/h4-8,16H,3H2,1-2H3. The maximum absolute atomic E-state index is 12.7. The number of anilines is 1. The van der Waals surface area contributed by atoms with Crippen LogP contribution in [0.5, 0.6) is 0 Å². The molecule has 1 saturated heterocycles. The molecule has 0 bridgehead atoms. The first-order valence-electron chi connectivity index (χ1n) is 7.01.